The molecule has 0 fully saturated rings. The summed E-state index contributed by atoms with van der Waals surface area (Å²) in [6.07, 6.45) is 4.89. The summed E-state index contributed by atoms with van der Waals surface area (Å²) in [6.45, 7) is 6.72. The summed E-state index contributed by atoms with van der Waals surface area (Å²) in [5, 5.41) is 12.3. The van der Waals surface area contributed by atoms with Crippen molar-refractivity contribution >= 4 is 11.9 Å². The lowest BCUT2D eigenvalue weighted by molar-refractivity contribution is -0.139. The quantitative estimate of drug-likeness (QED) is 0.234. The van der Waals surface area contributed by atoms with Crippen molar-refractivity contribution in [3.05, 3.63) is 82.9 Å². The molecule has 0 spiro atoms. The summed E-state index contributed by atoms with van der Waals surface area (Å²) in [6, 6.07) is 18.6. The number of nitrogens with one attached hydrogen (secondary N) is 1. The van der Waals surface area contributed by atoms with Gasteiger partial charge in [0.05, 0.1) is 12.7 Å². The molecule has 0 bridgehead atoms. The molecule has 0 unspecified atom stereocenters. The number of amides is 1. The molecule has 2 N–H and O–H groups in total. The Bertz CT molecular complexity index is 1320. The van der Waals surface area contributed by atoms with Crippen LogP contribution in [0, 0.1) is 6.92 Å². The van der Waals surface area contributed by atoms with Crippen LogP contribution in [-0.2, 0) is 22.6 Å². The minimum absolute atomic E-state index is 0.0237. The largest absolute Gasteiger partial charge is 0.480 e. The Kier molecular flexibility index (Phi) is 10.2. The third kappa shape index (κ3) is 7.42. The second kappa shape index (κ2) is 14.0. The average Bonchev–Trinajstić information content (AvgIpc) is 3.42. The van der Waals surface area contributed by atoms with Crippen LogP contribution in [-0.4, -0.2) is 35.9 Å². The molecule has 7 nitrogen and oxygen atoms in total. The Hall–Kier alpha value is -3.84. The van der Waals surface area contributed by atoms with Crippen molar-refractivity contribution in [2.45, 2.75) is 78.0 Å². The fourth-order valence-corrected chi connectivity index (χ4v) is 4.98. The van der Waals surface area contributed by atoms with Crippen LogP contribution in [0.25, 0.3) is 11.1 Å². The molecule has 1 amide bonds. The van der Waals surface area contributed by atoms with Crippen molar-refractivity contribution < 1.29 is 28.9 Å². The normalized spacial score (nSPS) is 13.6. The summed E-state index contributed by atoms with van der Waals surface area (Å²) in [7, 11) is 0. The smallest absolute Gasteiger partial charge is 0.326 e. The molecule has 1 aliphatic heterocycles. The number of ether oxygens (including phenoxy) is 3. The van der Waals surface area contributed by atoms with Crippen LogP contribution in [0.3, 0.4) is 0 Å². The van der Waals surface area contributed by atoms with E-state index in [1.54, 1.807) is 6.07 Å². The predicted octanol–water partition coefficient (Wildman–Crippen LogP) is 6.69. The molecule has 212 valence electrons. The lowest BCUT2D eigenvalue weighted by Gasteiger charge is -2.20. The highest BCUT2D eigenvalue weighted by Crippen LogP contribution is 2.33. The highest BCUT2D eigenvalue weighted by Gasteiger charge is 2.23. The molecule has 0 saturated heterocycles. The first-order valence-corrected chi connectivity index (χ1v) is 14.1. The first-order valence-electron chi connectivity index (χ1n) is 14.1. The molecule has 4 rings (SSSR count). The number of carbonyl (C=O) groups excluding carboxylic acids is 1. The molecule has 1 aliphatic rings. The van der Waals surface area contributed by atoms with Gasteiger partial charge in [0.15, 0.2) is 11.5 Å². The molecule has 0 aromatic heterocycles. The van der Waals surface area contributed by atoms with Gasteiger partial charge in [-0.3, -0.25) is 4.79 Å². The number of fused-ring (bicyclic) bond motifs is 1. The standard InChI is InChI=1S/C33H39NO6/c1-4-6-11-25(17-23-14-16-30-31(19-23)40-21-39-30)38-20-24-13-15-27(32(35)34-29(9-5-2)33(36)37)28(18-24)26-12-8-7-10-22(26)3/h7-8,10,12-16,18-19,25,29H,4-6,9,11,17,20-21H2,1-3H3,(H,34,35)(H,36,37)/t25-,29-/m0/s1. The molecule has 40 heavy (non-hydrogen) atoms. The zero-order chi connectivity index (χ0) is 28.5. The summed E-state index contributed by atoms with van der Waals surface area (Å²) in [5.41, 5.74) is 5.26. The van der Waals surface area contributed by atoms with E-state index in [1.807, 2.05) is 62.4 Å². The van der Waals surface area contributed by atoms with E-state index in [0.29, 0.717) is 25.0 Å². The molecule has 3 aromatic carbocycles. The highest BCUT2D eigenvalue weighted by molar-refractivity contribution is 6.02. The van der Waals surface area contributed by atoms with Gasteiger partial charge in [-0.1, -0.05) is 69.5 Å². The van der Waals surface area contributed by atoms with Crippen LogP contribution < -0.4 is 14.8 Å². The summed E-state index contributed by atoms with van der Waals surface area (Å²) < 4.78 is 17.4. The van der Waals surface area contributed by atoms with Crippen LogP contribution in [0.2, 0.25) is 0 Å². The fourth-order valence-electron chi connectivity index (χ4n) is 4.98. The minimum Gasteiger partial charge on any atom is -0.480 e. The van der Waals surface area contributed by atoms with Crippen molar-refractivity contribution in [1.82, 2.24) is 5.32 Å². The first-order chi connectivity index (χ1) is 19.4. The van der Waals surface area contributed by atoms with E-state index in [-0.39, 0.29) is 12.9 Å². The average molecular weight is 546 g/mol. The number of carboxylic acid groups (broad SMARTS) is 1. The second-order valence-electron chi connectivity index (χ2n) is 10.3. The van der Waals surface area contributed by atoms with Crippen molar-refractivity contribution in [3.63, 3.8) is 0 Å². The number of aryl methyl sites for hydroxylation is 1. The van der Waals surface area contributed by atoms with Gasteiger partial charge in [0, 0.05) is 5.56 Å². The summed E-state index contributed by atoms with van der Waals surface area (Å²) in [5.74, 6) is 0.119. The Morgan fingerprint density at radius 2 is 1.70 bits per heavy atom. The van der Waals surface area contributed by atoms with E-state index in [9.17, 15) is 14.7 Å². The van der Waals surface area contributed by atoms with Gasteiger partial charge >= 0.3 is 5.97 Å². The van der Waals surface area contributed by atoms with Crippen LogP contribution in [0.4, 0.5) is 0 Å². The maximum absolute atomic E-state index is 13.3. The van der Waals surface area contributed by atoms with Gasteiger partial charge in [-0.05, 0) is 78.3 Å². The number of carboxylic acids is 1. The maximum Gasteiger partial charge on any atom is 0.326 e. The van der Waals surface area contributed by atoms with Gasteiger partial charge in [0.1, 0.15) is 6.04 Å². The highest BCUT2D eigenvalue weighted by atomic mass is 16.7. The van der Waals surface area contributed by atoms with Gasteiger partial charge in [-0.15, -0.1) is 0 Å². The van der Waals surface area contributed by atoms with Crippen molar-refractivity contribution in [2.75, 3.05) is 6.79 Å². The minimum atomic E-state index is -1.03. The molecular formula is C33H39NO6. The lowest BCUT2D eigenvalue weighted by atomic mass is 9.93. The van der Waals surface area contributed by atoms with E-state index in [2.05, 4.69) is 18.3 Å². The van der Waals surface area contributed by atoms with Crippen molar-refractivity contribution in [3.8, 4) is 22.6 Å². The van der Waals surface area contributed by atoms with Crippen LogP contribution in [0.1, 0.15) is 73.0 Å². The van der Waals surface area contributed by atoms with Crippen LogP contribution in [0.15, 0.2) is 60.7 Å². The third-order valence-corrected chi connectivity index (χ3v) is 7.21. The summed E-state index contributed by atoms with van der Waals surface area (Å²) in [4.78, 5) is 25.0. The van der Waals surface area contributed by atoms with Gasteiger partial charge in [-0.2, -0.15) is 0 Å². The van der Waals surface area contributed by atoms with E-state index >= 15 is 0 Å². The zero-order valence-corrected chi connectivity index (χ0v) is 23.6. The van der Waals surface area contributed by atoms with E-state index in [1.165, 1.54) is 0 Å². The topological polar surface area (TPSA) is 94.1 Å². The molecule has 0 aliphatic carbocycles. The van der Waals surface area contributed by atoms with Crippen molar-refractivity contribution in [1.29, 1.82) is 0 Å². The molecule has 0 radical (unpaired) electrons. The van der Waals surface area contributed by atoms with Gasteiger partial charge in [0.25, 0.3) is 5.91 Å². The molecule has 0 saturated carbocycles. The lowest BCUT2D eigenvalue weighted by Crippen LogP contribution is -2.40. The predicted molar refractivity (Wildman–Crippen MR) is 155 cm³/mol. The Labute approximate surface area is 236 Å². The number of hydrogen-bond donors (Lipinski definition) is 2. The second-order valence-corrected chi connectivity index (χ2v) is 10.3. The van der Waals surface area contributed by atoms with Gasteiger partial charge in [0.2, 0.25) is 6.79 Å². The number of hydrogen-bond acceptors (Lipinski definition) is 5. The SMILES string of the molecule is CCCC[C@@H](Cc1ccc2c(c1)OCO2)OCc1ccc(C(=O)N[C@@H](CCC)C(=O)O)c(-c2ccccc2C)c1. The van der Waals surface area contributed by atoms with Gasteiger partial charge < -0.3 is 24.6 Å². The maximum atomic E-state index is 13.3. The summed E-state index contributed by atoms with van der Waals surface area (Å²) >= 11 is 0. The molecule has 7 heteroatoms. The van der Waals surface area contributed by atoms with E-state index < -0.39 is 17.9 Å². The first kappa shape index (κ1) is 29.2. The number of carbonyl (C=O) groups is 2. The van der Waals surface area contributed by atoms with Gasteiger partial charge in [-0.25, -0.2) is 4.79 Å². The van der Waals surface area contributed by atoms with E-state index in [4.69, 9.17) is 14.2 Å². The number of aliphatic carboxylic acids is 1. The third-order valence-electron chi connectivity index (χ3n) is 7.21. The molecule has 1 heterocycles. The monoisotopic (exact) mass is 545 g/mol. The molecule has 3 aromatic rings. The number of rotatable bonds is 14. The zero-order valence-electron chi connectivity index (χ0n) is 23.6. The van der Waals surface area contributed by atoms with E-state index in [0.717, 1.165) is 65.0 Å². The van der Waals surface area contributed by atoms with Crippen LogP contribution >= 0.6 is 0 Å². The molecular weight excluding hydrogens is 506 g/mol. The number of unbranched alkanes of at least 4 members (excludes halogenated alkanes) is 1. The number of benzene rings is 3. The Morgan fingerprint density at radius 1 is 0.925 bits per heavy atom. The van der Waals surface area contributed by atoms with Crippen molar-refractivity contribution in [2.24, 2.45) is 0 Å². The fraction of sp³-hybridized carbons (Fsp3) is 0.394. The Morgan fingerprint density at radius 3 is 2.45 bits per heavy atom. The molecule has 2 atom stereocenters. The van der Waals surface area contributed by atoms with Crippen LogP contribution in [0.5, 0.6) is 11.5 Å². The Balaban J connectivity index is 1.56.